The van der Waals surface area contributed by atoms with E-state index in [-0.39, 0.29) is 0 Å². The molecular weight excluding hydrogens is 154 g/mol. The third-order valence-corrected chi connectivity index (χ3v) is 1.29. The zero-order valence-electron chi connectivity index (χ0n) is 6.12. The van der Waals surface area contributed by atoms with Crippen molar-refractivity contribution in [1.82, 2.24) is 0 Å². The van der Waals surface area contributed by atoms with Gasteiger partial charge >= 0.3 is 0 Å². The predicted octanol–water partition coefficient (Wildman–Crippen LogP) is 2.51. The standard InChI is InChI=1S/C7H5N5/c1-2-4-6(5-3-1)8-7-9-11-12-10-7/h1-5H. The summed E-state index contributed by atoms with van der Waals surface area (Å²) in [4.78, 5) is 4.05. The summed E-state index contributed by atoms with van der Waals surface area (Å²) >= 11 is 0. The highest BCUT2D eigenvalue weighted by Gasteiger charge is 1.98. The molecule has 12 heavy (non-hydrogen) atoms. The first-order chi connectivity index (χ1) is 5.95. The van der Waals surface area contributed by atoms with E-state index in [1.165, 1.54) is 0 Å². The van der Waals surface area contributed by atoms with Crippen molar-refractivity contribution in [3.05, 3.63) is 30.3 Å². The molecule has 0 aliphatic carbocycles. The highest BCUT2D eigenvalue weighted by atomic mass is 15.6. The lowest BCUT2D eigenvalue weighted by Crippen LogP contribution is -1.79. The van der Waals surface area contributed by atoms with Gasteiger partial charge in [-0.1, -0.05) is 28.4 Å². The van der Waals surface area contributed by atoms with Crippen molar-refractivity contribution in [3.63, 3.8) is 0 Å². The van der Waals surface area contributed by atoms with Crippen LogP contribution in [0.15, 0.2) is 56.0 Å². The van der Waals surface area contributed by atoms with Gasteiger partial charge in [-0.3, -0.25) is 0 Å². The van der Waals surface area contributed by atoms with E-state index in [0.717, 1.165) is 5.69 Å². The van der Waals surface area contributed by atoms with Gasteiger partial charge in [-0.05, 0) is 22.6 Å². The largest absolute Gasteiger partial charge is 0.292 e. The van der Waals surface area contributed by atoms with E-state index in [1.807, 2.05) is 30.3 Å². The molecule has 58 valence electrons. The van der Waals surface area contributed by atoms with Crippen molar-refractivity contribution in [3.8, 4) is 0 Å². The number of hydrogen-bond donors (Lipinski definition) is 0. The van der Waals surface area contributed by atoms with Crippen LogP contribution in [0.25, 0.3) is 0 Å². The van der Waals surface area contributed by atoms with E-state index in [1.54, 1.807) is 0 Å². The van der Waals surface area contributed by atoms with E-state index in [2.05, 4.69) is 25.7 Å². The molecule has 0 spiro atoms. The number of para-hydroxylation sites is 1. The fraction of sp³-hybridized carbons (Fsp3) is 0. The van der Waals surface area contributed by atoms with Gasteiger partial charge in [0.15, 0.2) is 0 Å². The number of nitrogens with zero attached hydrogens (tertiary/aromatic N) is 5. The van der Waals surface area contributed by atoms with Gasteiger partial charge in [0.25, 0.3) is 5.96 Å². The first kappa shape index (κ1) is 6.78. The maximum atomic E-state index is 4.05. The molecule has 5 heteroatoms. The topological polar surface area (TPSA) is 61.8 Å². The molecule has 1 aromatic rings. The molecule has 1 aliphatic heterocycles. The van der Waals surface area contributed by atoms with Crippen molar-refractivity contribution in [2.24, 2.45) is 25.7 Å². The lowest BCUT2D eigenvalue weighted by molar-refractivity contribution is 1.06. The molecule has 0 saturated heterocycles. The molecule has 0 bridgehead atoms. The zero-order chi connectivity index (χ0) is 8.23. The molecule has 0 N–H and O–H groups in total. The van der Waals surface area contributed by atoms with Gasteiger partial charge in [0.1, 0.15) is 0 Å². The van der Waals surface area contributed by atoms with Crippen LogP contribution in [0.2, 0.25) is 0 Å². The Hall–Kier alpha value is -1.91. The van der Waals surface area contributed by atoms with Crippen molar-refractivity contribution in [2.45, 2.75) is 0 Å². The first-order valence-electron chi connectivity index (χ1n) is 3.41. The van der Waals surface area contributed by atoms with Gasteiger partial charge in [-0.15, -0.1) is 0 Å². The van der Waals surface area contributed by atoms with E-state index in [0.29, 0.717) is 5.96 Å². The molecule has 0 radical (unpaired) electrons. The number of benzene rings is 1. The summed E-state index contributed by atoms with van der Waals surface area (Å²) in [5, 5.41) is 13.8. The van der Waals surface area contributed by atoms with Crippen LogP contribution in [0.3, 0.4) is 0 Å². The number of aliphatic imine (C=N–C) groups is 1. The quantitative estimate of drug-likeness (QED) is 0.604. The summed E-state index contributed by atoms with van der Waals surface area (Å²) in [6, 6.07) is 9.42. The van der Waals surface area contributed by atoms with Gasteiger partial charge in [-0.2, -0.15) is 0 Å². The Morgan fingerprint density at radius 3 is 2.25 bits per heavy atom. The lowest BCUT2D eigenvalue weighted by Gasteiger charge is -1.88. The molecule has 5 nitrogen and oxygen atoms in total. The average Bonchev–Trinajstić information content (AvgIpc) is 2.59. The summed E-state index contributed by atoms with van der Waals surface area (Å²) in [6.07, 6.45) is 0. The second kappa shape index (κ2) is 3.00. The van der Waals surface area contributed by atoms with E-state index in [9.17, 15) is 0 Å². The normalized spacial score (nSPS) is 13.8. The summed E-state index contributed by atoms with van der Waals surface area (Å²) < 4.78 is 0. The van der Waals surface area contributed by atoms with Crippen LogP contribution < -0.4 is 0 Å². The number of rotatable bonds is 1. The fourth-order valence-corrected chi connectivity index (χ4v) is 0.803. The highest BCUT2D eigenvalue weighted by Crippen LogP contribution is 2.12. The monoisotopic (exact) mass is 159 g/mol. The maximum Gasteiger partial charge on any atom is 0.292 e. The summed E-state index contributed by atoms with van der Waals surface area (Å²) in [5.74, 6) is 0.293. The van der Waals surface area contributed by atoms with Crippen LogP contribution >= 0.6 is 0 Å². The minimum Gasteiger partial charge on any atom is -0.209 e. The van der Waals surface area contributed by atoms with Gasteiger partial charge in [-0.25, -0.2) is 4.99 Å². The van der Waals surface area contributed by atoms with Crippen molar-refractivity contribution in [2.75, 3.05) is 0 Å². The zero-order valence-corrected chi connectivity index (χ0v) is 6.12. The number of guanidine groups is 1. The Bertz CT molecular complexity index is 337. The Morgan fingerprint density at radius 2 is 1.58 bits per heavy atom. The number of hydrogen-bond acceptors (Lipinski definition) is 3. The fourth-order valence-electron chi connectivity index (χ4n) is 0.803. The van der Waals surface area contributed by atoms with Crippen molar-refractivity contribution in [1.29, 1.82) is 0 Å². The predicted molar refractivity (Wildman–Crippen MR) is 43.2 cm³/mol. The van der Waals surface area contributed by atoms with Gasteiger partial charge in [0, 0.05) is 0 Å². The Balaban J connectivity index is 2.29. The van der Waals surface area contributed by atoms with E-state index >= 15 is 0 Å². The van der Waals surface area contributed by atoms with Crippen LogP contribution in [0.5, 0.6) is 0 Å². The summed E-state index contributed by atoms with van der Waals surface area (Å²) in [5.41, 5.74) is 0.798. The molecule has 1 aromatic carbocycles. The van der Waals surface area contributed by atoms with Crippen LogP contribution in [0, 0.1) is 0 Å². The molecule has 1 aliphatic rings. The van der Waals surface area contributed by atoms with Crippen molar-refractivity contribution >= 4 is 11.6 Å². The van der Waals surface area contributed by atoms with E-state index < -0.39 is 0 Å². The minimum atomic E-state index is 0.293. The molecule has 0 atom stereocenters. The van der Waals surface area contributed by atoms with Gasteiger partial charge < -0.3 is 0 Å². The Kier molecular flexibility index (Phi) is 1.69. The van der Waals surface area contributed by atoms with E-state index in [4.69, 9.17) is 0 Å². The Labute approximate surface area is 68.5 Å². The SMILES string of the molecule is c1ccc(N=C2N=NN=N2)cc1. The second-order valence-corrected chi connectivity index (χ2v) is 2.13. The lowest BCUT2D eigenvalue weighted by atomic mass is 10.3. The summed E-state index contributed by atoms with van der Waals surface area (Å²) in [6.45, 7) is 0. The molecular formula is C7H5N5. The second-order valence-electron chi connectivity index (χ2n) is 2.13. The van der Waals surface area contributed by atoms with Gasteiger partial charge in [0.2, 0.25) is 0 Å². The van der Waals surface area contributed by atoms with Crippen LogP contribution in [0.4, 0.5) is 5.69 Å². The average molecular weight is 159 g/mol. The summed E-state index contributed by atoms with van der Waals surface area (Å²) in [7, 11) is 0. The third kappa shape index (κ3) is 1.39. The minimum absolute atomic E-state index is 0.293. The molecule has 0 unspecified atom stereocenters. The molecule has 0 saturated carbocycles. The van der Waals surface area contributed by atoms with Crippen LogP contribution in [-0.2, 0) is 0 Å². The van der Waals surface area contributed by atoms with Gasteiger partial charge in [0.05, 0.1) is 5.69 Å². The highest BCUT2D eigenvalue weighted by molar-refractivity contribution is 5.83. The molecule has 0 aromatic heterocycles. The third-order valence-electron chi connectivity index (χ3n) is 1.29. The van der Waals surface area contributed by atoms with Crippen LogP contribution in [0.1, 0.15) is 0 Å². The van der Waals surface area contributed by atoms with Crippen molar-refractivity contribution < 1.29 is 0 Å². The Morgan fingerprint density at radius 1 is 0.917 bits per heavy atom. The molecule has 0 amide bonds. The molecule has 2 rings (SSSR count). The smallest absolute Gasteiger partial charge is 0.209 e. The van der Waals surface area contributed by atoms with Crippen LogP contribution in [-0.4, -0.2) is 5.96 Å². The molecule has 1 heterocycles. The first-order valence-corrected chi connectivity index (χ1v) is 3.41. The molecule has 0 fully saturated rings. The maximum absolute atomic E-state index is 4.05.